The molecule has 1 aromatic heterocycles. The van der Waals surface area contributed by atoms with E-state index in [1.807, 2.05) is 62.2 Å². The smallest absolute Gasteiger partial charge is 0.322 e. The third-order valence-corrected chi connectivity index (χ3v) is 16.4. The molecule has 11 atom stereocenters. The molecule has 6 aliphatic rings. The van der Waals surface area contributed by atoms with Crippen molar-refractivity contribution in [2.75, 3.05) is 72.0 Å². The lowest BCUT2D eigenvalue weighted by Crippen LogP contribution is -2.81. The number of para-hydroxylation sites is 1. The lowest BCUT2D eigenvalue weighted by atomic mass is 9.47. The van der Waals surface area contributed by atoms with Crippen LogP contribution in [0.5, 0.6) is 5.75 Å². The molecule has 2 saturated heterocycles. The Bertz CT molecular complexity index is 2370. The summed E-state index contributed by atoms with van der Waals surface area (Å²) in [6, 6.07) is 10.1. The quantitative estimate of drug-likeness (QED) is 0.0934. The molecule has 1 amide bonds. The third-order valence-electron chi connectivity index (χ3n) is 16.4. The first-order valence-corrected chi connectivity index (χ1v) is 23.2. The summed E-state index contributed by atoms with van der Waals surface area (Å²) in [6.45, 7) is 8.91. The van der Waals surface area contributed by atoms with Gasteiger partial charge in [-0.3, -0.25) is 24.2 Å². The first-order valence-electron chi connectivity index (χ1n) is 23.2. The zero-order valence-electron chi connectivity index (χ0n) is 38.1. The molecular weight excluding hydrogens is 817 g/mol. The zero-order chi connectivity index (χ0) is 45.6. The van der Waals surface area contributed by atoms with Gasteiger partial charge in [-0.25, -0.2) is 0 Å². The monoisotopic (exact) mass is 882 g/mol. The van der Waals surface area contributed by atoms with Crippen molar-refractivity contribution in [2.45, 2.75) is 112 Å². The number of nitrogens with zero attached hydrogens (tertiary/aromatic N) is 3. The number of benzene rings is 2. The van der Waals surface area contributed by atoms with Crippen molar-refractivity contribution < 1.29 is 43.9 Å². The van der Waals surface area contributed by atoms with Crippen molar-refractivity contribution >= 4 is 34.4 Å². The van der Waals surface area contributed by atoms with Crippen LogP contribution in [0.3, 0.4) is 0 Å². The number of carbonyl (C=O) groups is 3. The van der Waals surface area contributed by atoms with Crippen LogP contribution in [0, 0.1) is 11.3 Å². The summed E-state index contributed by atoms with van der Waals surface area (Å²) in [5.41, 5.74) is 3.88. The minimum atomic E-state index is -2.33. The van der Waals surface area contributed by atoms with Crippen LogP contribution in [0.25, 0.3) is 10.9 Å². The van der Waals surface area contributed by atoms with E-state index >= 15 is 4.79 Å². The van der Waals surface area contributed by atoms with Crippen LogP contribution < -0.4 is 20.7 Å². The predicted octanol–water partition coefficient (Wildman–Crippen LogP) is 2.64. The molecule has 1 spiro atoms. The highest BCUT2D eigenvalue weighted by molar-refractivity contribution is 5.95. The first-order chi connectivity index (χ1) is 30.6. The number of carbonyl (C=O) groups excluding carboxylic acids is 3. The molecule has 1 saturated carbocycles. The molecule has 6 unspecified atom stereocenters. The summed E-state index contributed by atoms with van der Waals surface area (Å²) in [6.07, 6.45) is 5.87. The predicted molar refractivity (Wildman–Crippen MR) is 241 cm³/mol. The largest absolute Gasteiger partial charge is 0.496 e. The van der Waals surface area contributed by atoms with Crippen molar-refractivity contribution in [1.29, 1.82) is 0 Å². The average molecular weight is 883 g/mol. The van der Waals surface area contributed by atoms with Gasteiger partial charge in [0.05, 0.1) is 32.5 Å². The summed E-state index contributed by atoms with van der Waals surface area (Å²) in [5.74, 6) is -1.37. The van der Waals surface area contributed by atoms with E-state index in [1.165, 1.54) is 7.11 Å². The van der Waals surface area contributed by atoms with Crippen LogP contribution in [-0.2, 0) is 41.1 Å². The molecule has 64 heavy (non-hydrogen) atoms. The SMILES string of the molecule is CCC1(O)CC2CN(CCc3c([nH]c4ccccc34)[C@@](C(=O)OC)(c3cc4c(cc3OC)N(C)C3C45CCN4CC=C[C@](CC)(C45)[C@@H](O)[C@]3(O)C(=O)NCCCOC(=O)[C@@H](C)N)C2)C1. The summed E-state index contributed by atoms with van der Waals surface area (Å²) in [5, 5.41) is 42.1. The van der Waals surface area contributed by atoms with E-state index in [-0.39, 0.29) is 31.5 Å². The molecule has 346 valence electrons. The second-order valence-electron chi connectivity index (χ2n) is 19.7. The van der Waals surface area contributed by atoms with Crippen molar-refractivity contribution in [3.05, 3.63) is 70.9 Å². The van der Waals surface area contributed by atoms with E-state index in [2.05, 4.69) is 32.2 Å². The Hall–Kier alpha value is -4.51. The fourth-order valence-electron chi connectivity index (χ4n) is 13.8. The minimum Gasteiger partial charge on any atom is -0.496 e. The van der Waals surface area contributed by atoms with Gasteiger partial charge in [-0.05, 0) is 87.6 Å². The van der Waals surface area contributed by atoms with Crippen LogP contribution in [0.15, 0.2) is 48.6 Å². The number of hydrogen-bond donors (Lipinski definition) is 6. The molecule has 15 nitrogen and oxygen atoms in total. The van der Waals surface area contributed by atoms with Gasteiger partial charge in [0.1, 0.15) is 23.3 Å². The van der Waals surface area contributed by atoms with E-state index in [4.69, 9.17) is 19.9 Å². The van der Waals surface area contributed by atoms with Crippen LogP contribution >= 0.6 is 0 Å². The number of ether oxygens (including phenoxy) is 3. The van der Waals surface area contributed by atoms with Gasteiger partial charge < -0.3 is 50.5 Å². The molecule has 7 N–H and O–H groups in total. The number of aromatic amines is 1. The van der Waals surface area contributed by atoms with Gasteiger partial charge in [-0.2, -0.15) is 0 Å². The number of fused-ring (bicyclic) bond motifs is 6. The number of nitrogens with one attached hydrogen (secondary N) is 2. The van der Waals surface area contributed by atoms with Crippen molar-refractivity contribution in [2.24, 2.45) is 17.1 Å². The Morgan fingerprint density at radius 1 is 1.05 bits per heavy atom. The molecule has 1 aliphatic carbocycles. The van der Waals surface area contributed by atoms with E-state index in [9.17, 15) is 24.9 Å². The highest BCUT2D eigenvalue weighted by Gasteiger charge is 2.78. The molecule has 0 radical (unpaired) electrons. The third kappa shape index (κ3) is 6.24. The molecule has 2 aromatic carbocycles. The van der Waals surface area contributed by atoms with Gasteiger partial charge in [0.2, 0.25) is 0 Å². The Balaban J connectivity index is 1.25. The Labute approximate surface area is 375 Å². The Kier molecular flexibility index (Phi) is 11.3. The highest BCUT2D eigenvalue weighted by atomic mass is 16.5. The second-order valence-corrected chi connectivity index (χ2v) is 19.7. The van der Waals surface area contributed by atoms with E-state index in [1.54, 1.807) is 14.0 Å². The normalized spacial score (nSPS) is 35.5. The van der Waals surface area contributed by atoms with Gasteiger partial charge in [0, 0.05) is 90.6 Å². The number of aliphatic hydroxyl groups is 3. The summed E-state index contributed by atoms with van der Waals surface area (Å²) < 4.78 is 17.6. The fraction of sp³-hybridized carbons (Fsp3) is 0.612. The number of piperidine rings is 1. The van der Waals surface area contributed by atoms with Crippen molar-refractivity contribution in [3.63, 3.8) is 0 Å². The van der Waals surface area contributed by atoms with E-state index in [0.29, 0.717) is 82.6 Å². The number of nitrogens with two attached hydrogens (primary N) is 1. The highest BCUT2D eigenvalue weighted by Crippen LogP contribution is 2.67. The van der Waals surface area contributed by atoms with Crippen molar-refractivity contribution in [1.82, 2.24) is 20.1 Å². The molecule has 3 aromatic rings. The molecule has 6 heterocycles. The zero-order valence-corrected chi connectivity index (χ0v) is 38.1. The van der Waals surface area contributed by atoms with Crippen LogP contribution in [0.1, 0.15) is 81.7 Å². The number of methoxy groups -OCH3 is 2. The van der Waals surface area contributed by atoms with E-state index in [0.717, 1.165) is 33.4 Å². The number of esters is 2. The number of aromatic nitrogens is 1. The van der Waals surface area contributed by atoms with Crippen LogP contribution in [0.2, 0.25) is 0 Å². The fourth-order valence-corrected chi connectivity index (χ4v) is 13.8. The van der Waals surface area contributed by atoms with Crippen LogP contribution in [0.4, 0.5) is 5.69 Å². The molecule has 5 aliphatic heterocycles. The maximum atomic E-state index is 15.4. The first kappa shape index (κ1) is 44.7. The minimum absolute atomic E-state index is 0.0260. The Morgan fingerprint density at radius 3 is 2.55 bits per heavy atom. The molecule has 15 heteroatoms. The molecule has 2 bridgehead atoms. The number of anilines is 1. The molecule has 3 fully saturated rings. The number of rotatable bonds is 11. The maximum absolute atomic E-state index is 15.4. The second kappa shape index (κ2) is 16.1. The van der Waals surface area contributed by atoms with Gasteiger partial charge in [-0.1, -0.05) is 44.2 Å². The van der Waals surface area contributed by atoms with Gasteiger partial charge >= 0.3 is 11.9 Å². The van der Waals surface area contributed by atoms with Gasteiger partial charge in [-0.15, -0.1) is 0 Å². The van der Waals surface area contributed by atoms with Crippen LogP contribution in [-0.4, -0.2) is 151 Å². The standard InChI is InChI=1S/C49H66N6O9/c1-7-45(60)25-30-26-48(44(59)63-6,38-32(15-20-54(27-30)28-45)31-13-9-10-14-35(31)52-38)34-23-33-36(24-37(34)62-5)53(4)41-47(33)17-21-55-19-11-16-46(8-2,40(47)55)42(57)49(41,61)43(58)51-18-12-22-64-39(56)29(3)50/h9-11,13-14,16,23-24,29-30,40-42,52,57,60-61H,7-8,12,15,17-22,25-28,50H2,1-6H3,(H,51,58)/t29-,30?,40?,41?,42-,45?,46-,47?,48+,49+/m1/s1. The number of aliphatic hydroxyl groups excluding tert-OH is 1. The number of amides is 1. The van der Waals surface area contributed by atoms with E-state index < -0.39 is 63.5 Å². The number of likely N-dealkylation sites (N-methyl/N-ethyl adjacent to an activating group) is 1. The molecular formula is C49H66N6O9. The van der Waals surface area contributed by atoms with Crippen molar-refractivity contribution in [3.8, 4) is 5.75 Å². The summed E-state index contributed by atoms with van der Waals surface area (Å²) in [7, 11) is 4.89. The summed E-state index contributed by atoms with van der Waals surface area (Å²) in [4.78, 5) is 52.7. The van der Waals surface area contributed by atoms with Gasteiger partial charge in [0.15, 0.2) is 5.60 Å². The average Bonchev–Trinajstić information content (AvgIpc) is 3.95. The maximum Gasteiger partial charge on any atom is 0.322 e. The number of H-pyrrole nitrogens is 1. The lowest BCUT2D eigenvalue weighted by Gasteiger charge is -2.63. The number of hydrogen-bond acceptors (Lipinski definition) is 13. The summed E-state index contributed by atoms with van der Waals surface area (Å²) >= 11 is 0. The lowest BCUT2D eigenvalue weighted by molar-refractivity contribution is -0.203. The topological polar surface area (TPSA) is 203 Å². The molecule has 9 rings (SSSR count). The Morgan fingerprint density at radius 2 is 1.83 bits per heavy atom. The van der Waals surface area contributed by atoms with Gasteiger partial charge in [0.25, 0.3) is 5.91 Å².